The highest BCUT2D eigenvalue weighted by molar-refractivity contribution is 6.30. The number of fused-ring (bicyclic) bond motifs is 1. The van der Waals surface area contributed by atoms with Gasteiger partial charge in [-0.25, -0.2) is 0 Å². The van der Waals surface area contributed by atoms with Gasteiger partial charge in [-0.15, -0.1) is 0 Å². The van der Waals surface area contributed by atoms with Gasteiger partial charge in [-0.3, -0.25) is 9.69 Å². The van der Waals surface area contributed by atoms with Crippen molar-refractivity contribution in [2.45, 2.75) is 32.4 Å². The number of carbonyl (C=O) groups excluding carboxylic acids is 1. The van der Waals surface area contributed by atoms with E-state index in [9.17, 15) is 4.79 Å². The molecule has 178 valence electrons. The van der Waals surface area contributed by atoms with E-state index in [1.54, 1.807) is 4.90 Å². The van der Waals surface area contributed by atoms with E-state index in [2.05, 4.69) is 41.3 Å². The van der Waals surface area contributed by atoms with Crippen LogP contribution in [-0.4, -0.2) is 35.8 Å². The second-order valence-corrected chi connectivity index (χ2v) is 9.99. The monoisotopic (exact) mass is 482 g/mol. The first-order chi connectivity index (χ1) is 17.1. The highest BCUT2D eigenvalue weighted by Crippen LogP contribution is 2.25. The van der Waals surface area contributed by atoms with Crippen molar-refractivity contribution < 1.29 is 4.79 Å². The maximum Gasteiger partial charge on any atom is 0.253 e. The lowest BCUT2D eigenvalue weighted by Crippen LogP contribution is -2.29. The van der Waals surface area contributed by atoms with Crippen molar-refractivity contribution in [2.24, 2.45) is 0 Å². The number of piperidine rings is 1. The van der Waals surface area contributed by atoms with Gasteiger partial charge in [0.2, 0.25) is 0 Å². The van der Waals surface area contributed by atoms with E-state index < -0.39 is 0 Å². The Morgan fingerprint density at radius 3 is 2.26 bits per heavy atom. The molecule has 4 aromatic rings. The van der Waals surface area contributed by atoms with E-state index in [0.717, 1.165) is 17.7 Å². The summed E-state index contributed by atoms with van der Waals surface area (Å²) in [6.45, 7) is 3.99. The van der Waals surface area contributed by atoms with Gasteiger partial charge in [0.05, 0.1) is 0 Å². The molecule has 5 rings (SSSR count). The van der Waals surface area contributed by atoms with Crippen LogP contribution in [0.1, 0.15) is 40.7 Å². The molecule has 1 saturated heterocycles. The second-order valence-electron chi connectivity index (χ2n) is 9.55. The number of hydrogen-bond acceptors (Lipinski definition) is 2. The lowest BCUT2D eigenvalue weighted by Gasteiger charge is -2.26. The molecule has 0 radical (unpaired) electrons. The van der Waals surface area contributed by atoms with Crippen LogP contribution in [0, 0.1) is 0 Å². The quantitative estimate of drug-likeness (QED) is 0.285. The van der Waals surface area contributed by atoms with Crippen LogP contribution in [0.25, 0.3) is 21.9 Å². The Kier molecular flexibility index (Phi) is 7.17. The fourth-order valence-corrected chi connectivity index (χ4v) is 5.13. The smallest absolute Gasteiger partial charge is 0.253 e. The van der Waals surface area contributed by atoms with E-state index in [1.165, 1.54) is 54.3 Å². The molecule has 4 aromatic carbocycles. The van der Waals surface area contributed by atoms with Crippen molar-refractivity contribution >= 4 is 28.3 Å². The summed E-state index contributed by atoms with van der Waals surface area (Å²) in [6.07, 6.45) is 3.97. The third-order valence-corrected chi connectivity index (χ3v) is 7.21. The number of rotatable bonds is 6. The van der Waals surface area contributed by atoms with Crippen LogP contribution in [0.2, 0.25) is 5.02 Å². The summed E-state index contributed by atoms with van der Waals surface area (Å²) in [6, 6.07) is 28.7. The predicted molar refractivity (Wildman–Crippen MR) is 146 cm³/mol. The Hall–Kier alpha value is -3.14. The molecule has 0 spiro atoms. The number of carbonyl (C=O) groups is 1. The van der Waals surface area contributed by atoms with Crippen molar-refractivity contribution in [2.75, 3.05) is 20.1 Å². The summed E-state index contributed by atoms with van der Waals surface area (Å²) in [4.78, 5) is 17.5. The number of benzene rings is 4. The first-order valence-corrected chi connectivity index (χ1v) is 12.8. The van der Waals surface area contributed by atoms with Crippen LogP contribution < -0.4 is 0 Å². The first kappa shape index (κ1) is 23.6. The zero-order valence-electron chi connectivity index (χ0n) is 20.2. The third-order valence-electron chi connectivity index (χ3n) is 6.95. The SMILES string of the molecule is CN(Cc1cccc2cc(CN3CCCCC3)ccc12)C(=O)c1ccc(-c2ccc(Cl)cc2)cc1. The average Bonchev–Trinajstić information content (AvgIpc) is 2.89. The molecule has 1 heterocycles. The summed E-state index contributed by atoms with van der Waals surface area (Å²) in [5, 5.41) is 3.17. The van der Waals surface area contributed by atoms with Crippen molar-refractivity contribution in [1.82, 2.24) is 9.80 Å². The summed E-state index contributed by atoms with van der Waals surface area (Å²) in [5.41, 5.74) is 5.36. The van der Waals surface area contributed by atoms with E-state index in [-0.39, 0.29) is 5.91 Å². The minimum atomic E-state index is 0.0198. The number of likely N-dealkylation sites (tertiary alicyclic amines) is 1. The summed E-state index contributed by atoms with van der Waals surface area (Å²) >= 11 is 6.00. The predicted octanol–water partition coefficient (Wildman–Crippen LogP) is 7.42. The van der Waals surface area contributed by atoms with Crippen molar-refractivity contribution in [3.63, 3.8) is 0 Å². The maximum absolute atomic E-state index is 13.2. The fraction of sp³-hybridized carbons (Fsp3) is 0.258. The van der Waals surface area contributed by atoms with Crippen LogP contribution in [0.3, 0.4) is 0 Å². The van der Waals surface area contributed by atoms with Gasteiger partial charge >= 0.3 is 0 Å². The highest BCUT2D eigenvalue weighted by Gasteiger charge is 2.15. The van der Waals surface area contributed by atoms with E-state index in [0.29, 0.717) is 17.1 Å². The lowest BCUT2D eigenvalue weighted by molar-refractivity contribution is 0.0785. The van der Waals surface area contributed by atoms with Gasteiger partial charge in [-0.05, 0) is 89.3 Å². The Morgan fingerprint density at radius 1 is 0.857 bits per heavy atom. The average molecular weight is 483 g/mol. The second kappa shape index (κ2) is 10.6. The normalized spacial score (nSPS) is 14.2. The molecule has 0 aromatic heterocycles. The molecule has 0 N–H and O–H groups in total. The zero-order valence-corrected chi connectivity index (χ0v) is 21.0. The molecule has 0 aliphatic carbocycles. The Bertz CT molecular complexity index is 1310. The highest BCUT2D eigenvalue weighted by atomic mass is 35.5. The zero-order chi connectivity index (χ0) is 24.2. The summed E-state index contributed by atoms with van der Waals surface area (Å²) in [7, 11) is 1.87. The topological polar surface area (TPSA) is 23.6 Å². The minimum absolute atomic E-state index is 0.0198. The summed E-state index contributed by atoms with van der Waals surface area (Å²) in [5.74, 6) is 0.0198. The molecular formula is C31H31ClN2O. The van der Waals surface area contributed by atoms with Crippen molar-refractivity contribution in [3.8, 4) is 11.1 Å². The molecule has 1 amide bonds. The molecule has 35 heavy (non-hydrogen) atoms. The van der Waals surface area contributed by atoms with E-state index in [4.69, 9.17) is 11.6 Å². The van der Waals surface area contributed by atoms with Crippen molar-refractivity contribution in [3.05, 3.63) is 107 Å². The standard InChI is InChI=1S/C31H31ClN2O/c1-33(31(35)26-11-9-24(10-12-26)25-13-15-29(32)16-14-25)22-28-7-5-6-27-20-23(8-17-30(27)28)21-34-18-3-2-4-19-34/h5-17,20H,2-4,18-19,21-22H2,1H3. The number of hydrogen-bond donors (Lipinski definition) is 0. The van der Waals surface area contributed by atoms with Crippen LogP contribution in [0.5, 0.6) is 0 Å². The van der Waals surface area contributed by atoms with Gasteiger partial charge in [-0.1, -0.05) is 72.6 Å². The third kappa shape index (κ3) is 5.58. The van der Waals surface area contributed by atoms with Crippen molar-refractivity contribution in [1.29, 1.82) is 0 Å². The fourth-order valence-electron chi connectivity index (χ4n) is 5.01. The van der Waals surface area contributed by atoms with Gasteiger partial charge in [-0.2, -0.15) is 0 Å². The first-order valence-electron chi connectivity index (χ1n) is 12.4. The molecule has 4 heteroatoms. The molecule has 1 fully saturated rings. The number of nitrogens with zero attached hydrogens (tertiary/aromatic N) is 2. The largest absolute Gasteiger partial charge is 0.337 e. The van der Waals surface area contributed by atoms with Crippen LogP contribution in [0.4, 0.5) is 0 Å². The van der Waals surface area contributed by atoms with Crippen LogP contribution in [-0.2, 0) is 13.1 Å². The molecule has 0 saturated carbocycles. The van der Waals surface area contributed by atoms with Crippen LogP contribution >= 0.6 is 11.6 Å². The molecular weight excluding hydrogens is 452 g/mol. The van der Waals surface area contributed by atoms with Gasteiger partial charge in [0.25, 0.3) is 5.91 Å². The molecule has 1 aliphatic rings. The molecule has 3 nitrogen and oxygen atoms in total. The van der Waals surface area contributed by atoms with Gasteiger partial charge < -0.3 is 4.90 Å². The minimum Gasteiger partial charge on any atom is -0.337 e. The number of halogens is 1. The Morgan fingerprint density at radius 2 is 1.54 bits per heavy atom. The van der Waals surface area contributed by atoms with Gasteiger partial charge in [0.1, 0.15) is 0 Å². The molecule has 0 atom stereocenters. The van der Waals surface area contributed by atoms with E-state index >= 15 is 0 Å². The van der Waals surface area contributed by atoms with Gasteiger partial charge in [0, 0.05) is 30.7 Å². The molecule has 1 aliphatic heterocycles. The molecule has 0 unspecified atom stereocenters. The maximum atomic E-state index is 13.2. The number of amides is 1. The Labute approximate surface area is 212 Å². The summed E-state index contributed by atoms with van der Waals surface area (Å²) < 4.78 is 0. The Balaban J connectivity index is 1.29. The lowest BCUT2D eigenvalue weighted by atomic mass is 10.0. The van der Waals surface area contributed by atoms with Gasteiger partial charge in [0.15, 0.2) is 0 Å². The molecule has 0 bridgehead atoms. The van der Waals surface area contributed by atoms with Crippen LogP contribution in [0.15, 0.2) is 84.9 Å². The van der Waals surface area contributed by atoms with E-state index in [1.807, 2.05) is 55.6 Å².